The lowest BCUT2D eigenvalue weighted by atomic mass is 9.97. The molecule has 1 saturated heterocycles. The van der Waals surface area contributed by atoms with E-state index in [-0.39, 0.29) is 17.1 Å². The average Bonchev–Trinajstić information content (AvgIpc) is 2.59. The smallest absolute Gasteiger partial charge is 0.326 e. The van der Waals surface area contributed by atoms with E-state index in [0.717, 1.165) is 17.5 Å². The van der Waals surface area contributed by atoms with Gasteiger partial charge >= 0.3 is 5.69 Å². The number of nitrogens with one attached hydrogen (secondary N) is 2. The van der Waals surface area contributed by atoms with E-state index >= 15 is 0 Å². The number of aromatic nitrogens is 2. The van der Waals surface area contributed by atoms with Crippen LogP contribution in [0.15, 0.2) is 39.9 Å². The third-order valence-electron chi connectivity index (χ3n) is 4.56. The predicted octanol–water partition coefficient (Wildman–Crippen LogP) is 0.813. The first-order valence-electron chi connectivity index (χ1n) is 8.35. The Labute approximate surface area is 150 Å². The number of H-pyrrole nitrogens is 2. The summed E-state index contributed by atoms with van der Waals surface area (Å²) in [6.45, 7) is 5.70. The first-order valence-corrected chi connectivity index (χ1v) is 8.35. The molecule has 8 nitrogen and oxygen atoms in total. The molecule has 1 aliphatic rings. The van der Waals surface area contributed by atoms with Crippen LogP contribution >= 0.6 is 0 Å². The molecule has 0 spiro atoms. The third-order valence-corrected chi connectivity index (χ3v) is 4.56. The van der Waals surface area contributed by atoms with Crippen LogP contribution in [0.4, 0.5) is 5.69 Å². The number of aromatic amines is 2. The highest BCUT2D eigenvalue weighted by Crippen LogP contribution is 2.29. The molecule has 1 fully saturated rings. The first-order chi connectivity index (χ1) is 12.3. The van der Waals surface area contributed by atoms with Crippen molar-refractivity contribution in [3.05, 3.63) is 56.9 Å². The van der Waals surface area contributed by atoms with Gasteiger partial charge in [-0.1, -0.05) is 0 Å². The molecule has 26 heavy (non-hydrogen) atoms. The van der Waals surface area contributed by atoms with Gasteiger partial charge in [-0.15, -0.1) is 0 Å². The summed E-state index contributed by atoms with van der Waals surface area (Å²) < 4.78 is 5.20. The molecule has 2 N–H and O–H groups in total. The molecule has 3 rings (SSSR count). The molecule has 0 aliphatic carbocycles. The molecule has 1 aromatic heterocycles. The van der Waals surface area contributed by atoms with Gasteiger partial charge in [0.1, 0.15) is 11.4 Å². The van der Waals surface area contributed by atoms with Crippen molar-refractivity contribution in [1.29, 1.82) is 0 Å². The summed E-state index contributed by atoms with van der Waals surface area (Å²) in [7, 11) is 1.63. The second-order valence-corrected chi connectivity index (χ2v) is 6.89. The standard InChI is InChI=1S/C18H22N4O4/c1-18(2)11-21(16(24)14-10-15(23)20-17(25)19-14)8-9-22(18)12-4-6-13(26-3)7-5-12/h4-7,10H,8-9,11H2,1-3H3,(H2,19,20,23,25). The fraction of sp³-hybridized carbons (Fsp3) is 0.389. The van der Waals surface area contributed by atoms with Crippen LogP contribution in [0, 0.1) is 0 Å². The van der Waals surface area contributed by atoms with Crippen molar-refractivity contribution in [1.82, 2.24) is 14.9 Å². The molecule has 2 heterocycles. The van der Waals surface area contributed by atoms with Crippen molar-refractivity contribution in [3.63, 3.8) is 0 Å². The molecular weight excluding hydrogens is 336 g/mol. The van der Waals surface area contributed by atoms with Gasteiger partial charge < -0.3 is 19.5 Å². The second-order valence-electron chi connectivity index (χ2n) is 6.89. The van der Waals surface area contributed by atoms with Gasteiger partial charge in [0.05, 0.1) is 12.6 Å². The maximum absolute atomic E-state index is 12.7. The Kier molecular flexibility index (Phi) is 4.58. The summed E-state index contributed by atoms with van der Waals surface area (Å²) in [5.74, 6) is 0.439. The molecule has 8 heteroatoms. The number of hydrogen-bond donors (Lipinski definition) is 2. The molecule has 138 valence electrons. The largest absolute Gasteiger partial charge is 0.497 e. The summed E-state index contributed by atoms with van der Waals surface area (Å²) in [4.78, 5) is 43.9. The van der Waals surface area contributed by atoms with Gasteiger partial charge in [0.25, 0.3) is 11.5 Å². The fourth-order valence-electron chi connectivity index (χ4n) is 3.32. The van der Waals surface area contributed by atoms with E-state index in [0.29, 0.717) is 19.6 Å². The summed E-state index contributed by atoms with van der Waals surface area (Å²) >= 11 is 0. The van der Waals surface area contributed by atoms with Gasteiger partial charge in [-0.25, -0.2) is 4.79 Å². The molecule has 1 amide bonds. The lowest BCUT2D eigenvalue weighted by Crippen LogP contribution is -2.61. The van der Waals surface area contributed by atoms with Crippen molar-refractivity contribution in [3.8, 4) is 5.75 Å². The van der Waals surface area contributed by atoms with E-state index in [2.05, 4.69) is 28.7 Å². The Bertz CT molecular complexity index is 886. The number of anilines is 1. The van der Waals surface area contributed by atoms with Crippen molar-refractivity contribution in [2.24, 2.45) is 0 Å². The third kappa shape index (κ3) is 3.49. The highest BCUT2D eigenvalue weighted by Gasteiger charge is 2.36. The molecular formula is C18H22N4O4. The van der Waals surface area contributed by atoms with Gasteiger partial charge in [-0.3, -0.25) is 14.6 Å². The number of piperazine rings is 1. The van der Waals surface area contributed by atoms with E-state index in [9.17, 15) is 14.4 Å². The summed E-state index contributed by atoms with van der Waals surface area (Å²) in [6, 6.07) is 8.92. The Balaban J connectivity index is 1.80. The number of benzene rings is 1. The minimum atomic E-state index is -0.683. The van der Waals surface area contributed by atoms with E-state index in [4.69, 9.17) is 4.74 Å². The molecule has 2 aromatic rings. The molecule has 0 atom stereocenters. The Morgan fingerprint density at radius 1 is 1.12 bits per heavy atom. The van der Waals surface area contributed by atoms with Crippen LogP contribution < -0.4 is 20.9 Å². The topological polar surface area (TPSA) is 98.5 Å². The van der Waals surface area contributed by atoms with E-state index in [1.54, 1.807) is 12.0 Å². The monoisotopic (exact) mass is 358 g/mol. The van der Waals surface area contributed by atoms with Crippen LogP contribution in [0.2, 0.25) is 0 Å². The molecule has 0 saturated carbocycles. The number of rotatable bonds is 3. The van der Waals surface area contributed by atoms with Crippen LogP contribution in [0.3, 0.4) is 0 Å². The van der Waals surface area contributed by atoms with Gasteiger partial charge in [-0.2, -0.15) is 0 Å². The molecule has 0 bridgehead atoms. The van der Waals surface area contributed by atoms with Gasteiger partial charge in [0.15, 0.2) is 0 Å². The van der Waals surface area contributed by atoms with E-state index < -0.39 is 11.2 Å². The summed E-state index contributed by atoms with van der Waals surface area (Å²) in [5, 5.41) is 0. The van der Waals surface area contributed by atoms with Crippen LogP contribution in [-0.2, 0) is 0 Å². The lowest BCUT2D eigenvalue weighted by Gasteiger charge is -2.48. The Morgan fingerprint density at radius 3 is 2.38 bits per heavy atom. The van der Waals surface area contributed by atoms with Crippen molar-refractivity contribution in [2.75, 3.05) is 31.6 Å². The van der Waals surface area contributed by atoms with Crippen LogP contribution in [-0.4, -0.2) is 53.1 Å². The summed E-state index contributed by atoms with van der Waals surface area (Å²) in [5.41, 5.74) is -0.533. The maximum atomic E-state index is 12.7. The second kappa shape index (κ2) is 6.70. The number of hydrogen-bond acceptors (Lipinski definition) is 5. The highest BCUT2D eigenvalue weighted by atomic mass is 16.5. The quantitative estimate of drug-likeness (QED) is 0.846. The van der Waals surface area contributed by atoms with E-state index in [1.165, 1.54) is 0 Å². The number of nitrogens with zero attached hydrogens (tertiary/aromatic N) is 2. The van der Waals surface area contributed by atoms with Gasteiger partial charge in [0, 0.05) is 31.4 Å². The number of carbonyl (C=O) groups excluding carboxylic acids is 1. The zero-order valence-electron chi connectivity index (χ0n) is 15.0. The summed E-state index contributed by atoms with van der Waals surface area (Å²) in [6.07, 6.45) is 0. The Morgan fingerprint density at radius 2 is 1.81 bits per heavy atom. The zero-order chi connectivity index (χ0) is 18.9. The van der Waals surface area contributed by atoms with Crippen LogP contribution in [0.5, 0.6) is 5.75 Å². The molecule has 1 aliphatic heterocycles. The van der Waals surface area contributed by atoms with E-state index in [1.807, 2.05) is 24.3 Å². The average molecular weight is 358 g/mol. The zero-order valence-corrected chi connectivity index (χ0v) is 15.0. The minimum absolute atomic E-state index is 0.00690. The first kappa shape index (κ1) is 17.8. The van der Waals surface area contributed by atoms with Crippen LogP contribution in [0.25, 0.3) is 0 Å². The predicted molar refractivity (Wildman–Crippen MR) is 98.0 cm³/mol. The lowest BCUT2D eigenvalue weighted by molar-refractivity contribution is 0.0679. The van der Waals surface area contributed by atoms with Crippen molar-refractivity contribution < 1.29 is 9.53 Å². The van der Waals surface area contributed by atoms with Gasteiger partial charge in [0.2, 0.25) is 0 Å². The molecule has 1 aromatic carbocycles. The highest BCUT2D eigenvalue weighted by molar-refractivity contribution is 5.92. The SMILES string of the molecule is COc1ccc(N2CCN(C(=O)c3cc(=O)[nH]c(=O)[nH]3)CC2(C)C)cc1. The van der Waals surface area contributed by atoms with Crippen LogP contribution in [0.1, 0.15) is 24.3 Å². The normalized spacial score (nSPS) is 16.4. The molecule has 0 radical (unpaired) electrons. The Hall–Kier alpha value is -3.03. The van der Waals surface area contributed by atoms with Gasteiger partial charge in [-0.05, 0) is 38.1 Å². The number of carbonyl (C=O) groups is 1. The number of amides is 1. The molecule has 0 unspecified atom stereocenters. The minimum Gasteiger partial charge on any atom is -0.497 e. The fourth-order valence-corrected chi connectivity index (χ4v) is 3.32. The van der Waals surface area contributed by atoms with Crippen molar-refractivity contribution in [2.45, 2.75) is 19.4 Å². The number of ether oxygens (including phenoxy) is 1. The van der Waals surface area contributed by atoms with Crippen molar-refractivity contribution >= 4 is 11.6 Å². The maximum Gasteiger partial charge on any atom is 0.326 e. The number of methoxy groups -OCH3 is 1.